The summed E-state index contributed by atoms with van der Waals surface area (Å²) in [7, 11) is 3.50. The number of methoxy groups -OCH3 is 1. The van der Waals surface area contributed by atoms with Gasteiger partial charge in [-0.25, -0.2) is 4.98 Å². The number of anilines is 1. The number of hydrogen-bond donors (Lipinski definition) is 1. The molecular formula is C14H21N5O. The Bertz CT molecular complexity index is 573. The zero-order valence-electron chi connectivity index (χ0n) is 12.6. The van der Waals surface area contributed by atoms with Crippen LogP contribution in [0.2, 0.25) is 0 Å². The number of ether oxygens (including phenoxy) is 1. The van der Waals surface area contributed by atoms with Crippen molar-refractivity contribution in [1.29, 1.82) is 0 Å². The maximum absolute atomic E-state index is 5.12. The maximum atomic E-state index is 5.12. The number of aromatic nitrogens is 4. The molecule has 0 amide bonds. The monoisotopic (exact) mass is 275 g/mol. The van der Waals surface area contributed by atoms with E-state index in [2.05, 4.69) is 41.2 Å². The van der Waals surface area contributed by atoms with E-state index in [0.29, 0.717) is 11.8 Å². The van der Waals surface area contributed by atoms with Crippen LogP contribution in [0, 0.1) is 5.41 Å². The summed E-state index contributed by atoms with van der Waals surface area (Å²) in [6, 6.07) is 1.78. The van der Waals surface area contributed by atoms with Crippen LogP contribution >= 0.6 is 0 Å². The molecule has 0 aliphatic heterocycles. The molecule has 1 unspecified atom stereocenters. The number of rotatable bonds is 4. The Morgan fingerprint density at radius 2 is 2.10 bits per heavy atom. The van der Waals surface area contributed by atoms with Crippen molar-refractivity contribution in [3.63, 3.8) is 0 Å². The molecule has 0 saturated heterocycles. The zero-order valence-corrected chi connectivity index (χ0v) is 12.6. The van der Waals surface area contributed by atoms with E-state index in [1.165, 1.54) is 0 Å². The summed E-state index contributed by atoms with van der Waals surface area (Å²) in [6.45, 7) is 6.49. The van der Waals surface area contributed by atoms with E-state index in [1.807, 2.05) is 19.4 Å². The maximum Gasteiger partial charge on any atom is 0.226 e. The Balaban J connectivity index is 2.28. The van der Waals surface area contributed by atoms with Crippen LogP contribution in [0.1, 0.15) is 32.4 Å². The molecule has 0 spiro atoms. The van der Waals surface area contributed by atoms with Crippen molar-refractivity contribution >= 4 is 5.95 Å². The molecule has 0 radical (unpaired) electrons. The van der Waals surface area contributed by atoms with Crippen molar-refractivity contribution in [2.45, 2.75) is 26.8 Å². The van der Waals surface area contributed by atoms with Crippen molar-refractivity contribution in [2.24, 2.45) is 12.5 Å². The van der Waals surface area contributed by atoms with Crippen LogP contribution in [-0.4, -0.2) is 26.9 Å². The SMILES string of the molecule is COc1ccnc(NC(c2cnn(C)c2)C(C)(C)C)n1. The molecule has 1 atom stereocenters. The van der Waals surface area contributed by atoms with Gasteiger partial charge >= 0.3 is 0 Å². The van der Waals surface area contributed by atoms with Gasteiger partial charge in [-0.1, -0.05) is 20.8 Å². The van der Waals surface area contributed by atoms with Crippen molar-refractivity contribution in [3.8, 4) is 5.88 Å². The molecule has 2 rings (SSSR count). The smallest absolute Gasteiger partial charge is 0.226 e. The third kappa shape index (κ3) is 3.26. The molecular weight excluding hydrogens is 254 g/mol. The molecule has 20 heavy (non-hydrogen) atoms. The van der Waals surface area contributed by atoms with Crippen molar-refractivity contribution < 1.29 is 4.74 Å². The summed E-state index contributed by atoms with van der Waals surface area (Å²) < 4.78 is 6.92. The fourth-order valence-electron chi connectivity index (χ4n) is 2.04. The van der Waals surface area contributed by atoms with E-state index in [4.69, 9.17) is 4.74 Å². The van der Waals surface area contributed by atoms with Crippen LogP contribution in [0.25, 0.3) is 0 Å². The summed E-state index contributed by atoms with van der Waals surface area (Å²) in [4.78, 5) is 8.55. The molecule has 0 bridgehead atoms. The molecule has 108 valence electrons. The van der Waals surface area contributed by atoms with Crippen molar-refractivity contribution in [2.75, 3.05) is 12.4 Å². The third-order valence-corrected chi connectivity index (χ3v) is 3.04. The number of aryl methyl sites for hydroxylation is 1. The molecule has 2 heterocycles. The van der Waals surface area contributed by atoms with E-state index < -0.39 is 0 Å². The standard InChI is InChI=1S/C14H21N5O/c1-14(2,3)12(10-8-16-19(4)9-10)18-13-15-7-6-11(17-13)20-5/h6-9,12H,1-5H3,(H,15,17,18). The summed E-state index contributed by atoms with van der Waals surface area (Å²) in [5, 5.41) is 7.61. The Labute approximate surface area is 119 Å². The first-order valence-electron chi connectivity index (χ1n) is 6.52. The highest BCUT2D eigenvalue weighted by Gasteiger charge is 2.28. The van der Waals surface area contributed by atoms with Crippen LogP contribution in [0.15, 0.2) is 24.7 Å². The Kier molecular flexibility index (Phi) is 3.92. The number of hydrogen-bond acceptors (Lipinski definition) is 5. The van der Waals surface area contributed by atoms with Gasteiger partial charge in [-0.05, 0) is 5.41 Å². The van der Waals surface area contributed by atoms with Gasteiger partial charge in [-0.15, -0.1) is 0 Å². The Hall–Kier alpha value is -2.11. The lowest BCUT2D eigenvalue weighted by Gasteiger charge is -2.30. The van der Waals surface area contributed by atoms with Gasteiger partial charge in [-0.3, -0.25) is 4.68 Å². The zero-order chi connectivity index (χ0) is 14.8. The first kappa shape index (κ1) is 14.3. The minimum atomic E-state index is -0.00449. The molecule has 0 aliphatic carbocycles. The van der Waals surface area contributed by atoms with Gasteiger partial charge in [0.1, 0.15) is 0 Å². The molecule has 0 fully saturated rings. The average molecular weight is 275 g/mol. The summed E-state index contributed by atoms with van der Waals surface area (Å²) in [5.41, 5.74) is 1.10. The molecule has 0 aromatic carbocycles. The lowest BCUT2D eigenvalue weighted by Crippen LogP contribution is -2.26. The highest BCUT2D eigenvalue weighted by molar-refractivity contribution is 5.33. The van der Waals surface area contributed by atoms with Crippen LogP contribution in [0.3, 0.4) is 0 Å². The van der Waals surface area contributed by atoms with Gasteiger partial charge < -0.3 is 10.1 Å². The van der Waals surface area contributed by atoms with Gasteiger partial charge in [0.05, 0.1) is 19.3 Å². The van der Waals surface area contributed by atoms with E-state index in [-0.39, 0.29) is 11.5 Å². The lowest BCUT2D eigenvalue weighted by atomic mass is 9.83. The quantitative estimate of drug-likeness (QED) is 0.928. The Morgan fingerprint density at radius 1 is 1.35 bits per heavy atom. The Morgan fingerprint density at radius 3 is 2.65 bits per heavy atom. The number of nitrogens with zero attached hydrogens (tertiary/aromatic N) is 4. The van der Waals surface area contributed by atoms with Crippen LogP contribution in [0.4, 0.5) is 5.95 Å². The van der Waals surface area contributed by atoms with E-state index >= 15 is 0 Å². The predicted molar refractivity (Wildman–Crippen MR) is 77.6 cm³/mol. The van der Waals surface area contributed by atoms with E-state index in [9.17, 15) is 0 Å². The largest absolute Gasteiger partial charge is 0.481 e. The molecule has 1 N–H and O–H groups in total. The molecule has 0 aliphatic rings. The summed E-state index contributed by atoms with van der Waals surface area (Å²) in [6.07, 6.45) is 5.54. The first-order chi connectivity index (χ1) is 9.40. The van der Waals surface area contributed by atoms with Gasteiger partial charge in [-0.2, -0.15) is 10.1 Å². The average Bonchev–Trinajstić information content (AvgIpc) is 2.81. The van der Waals surface area contributed by atoms with Gasteiger partial charge in [0.25, 0.3) is 0 Å². The minimum absolute atomic E-state index is 0.00449. The highest BCUT2D eigenvalue weighted by Crippen LogP contribution is 2.34. The van der Waals surface area contributed by atoms with Gasteiger partial charge in [0, 0.05) is 31.1 Å². The number of nitrogens with one attached hydrogen (secondary N) is 1. The topological polar surface area (TPSA) is 64.9 Å². The van der Waals surface area contributed by atoms with Crippen molar-refractivity contribution in [3.05, 3.63) is 30.2 Å². The van der Waals surface area contributed by atoms with E-state index in [1.54, 1.807) is 24.1 Å². The van der Waals surface area contributed by atoms with Crippen LogP contribution in [0.5, 0.6) is 5.88 Å². The fraction of sp³-hybridized carbons (Fsp3) is 0.500. The second kappa shape index (κ2) is 5.48. The molecule has 6 heteroatoms. The normalized spacial score (nSPS) is 13.1. The molecule has 2 aromatic heterocycles. The highest BCUT2D eigenvalue weighted by atomic mass is 16.5. The van der Waals surface area contributed by atoms with E-state index in [0.717, 1.165) is 5.56 Å². The van der Waals surface area contributed by atoms with Crippen LogP contribution in [-0.2, 0) is 7.05 Å². The summed E-state index contributed by atoms with van der Waals surface area (Å²) in [5.74, 6) is 1.09. The molecule has 0 saturated carbocycles. The second-order valence-electron chi connectivity index (χ2n) is 5.81. The fourth-order valence-corrected chi connectivity index (χ4v) is 2.04. The van der Waals surface area contributed by atoms with Crippen molar-refractivity contribution in [1.82, 2.24) is 19.7 Å². The first-order valence-corrected chi connectivity index (χ1v) is 6.52. The predicted octanol–water partition coefficient (Wildman–Crippen LogP) is 2.42. The van der Waals surface area contributed by atoms with Gasteiger partial charge in [0.2, 0.25) is 11.8 Å². The molecule has 6 nitrogen and oxygen atoms in total. The summed E-state index contributed by atoms with van der Waals surface area (Å²) >= 11 is 0. The second-order valence-corrected chi connectivity index (χ2v) is 5.81. The minimum Gasteiger partial charge on any atom is -0.481 e. The van der Waals surface area contributed by atoms with Gasteiger partial charge in [0.15, 0.2) is 0 Å². The van der Waals surface area contributed by atoms with Crippen LogP contribution < -0.4 is 10.1 Å². The third-order valence-electron chi connectivity index (χ3n) is 3.04. The molecule has 2 aromatic rings. The lowest BCUT2D eigenvalue weighted by molar-refractivity contribution is 0.345.